The van der Waals surface area contributed by atoms with Crippen molar-refractivity contribution in [3.63, 3.8) is 0 Å². The molecule has 0 spiro atoms. The van der Waals surface area contributed by atoms with Crippen molar-refractivity contribution < 1.29 is 0 Å². The van der Waals surface area contributed by atoms with Crippen LogP contribution in [0.25, 0.3) is 0 Å². The summed E-state index contributed by atoms with van der Waals surface area (Å²) in [4.78, 5) is 4.37. The molecule has 0 aliphatic rings. The molecular formula is C14H12ClN. The number of hydrogen-bond donors (Lipinski definition) is 0. The Bertz CT molecular complexity index is 503. The van der Waals surface area contributed by atoms with Crippen molar-refractivity contribution in [2.75, 3.05) is 0 Å². The zero-order chi connectivity index (χ0) is 11.4. The first-order valence-corrected chi connectivity index (χ1v) is 5.49. The Morgan fingerprint density at radius 1 is 1.06 bits per heavy atom. The number of nitrogens with zero attached hydrogens (tertiary/aromatic N) is 1. The maximum Gasteiger partial charge on any atom is 0.0644 e. The molecule has 0 aliphatic carbocycles. The predicted molar refractivity (Wildman–Crippen MR) is 69.9 cm³/mol. The fourth-order valence-corrected chi connectivity index (χ4v) is 1.53. The summed E-state index contributed by atoms with van der Waals surface area (Å²) >= 11 is 6.02. The maximum atomic E-state index is 6.02. The van der Waals surface area contributed by atoms with Gasteiger partial charge in [0.25, 0.3) is 0 Å². The molecule has 1 nitrogen and oxygen atoms in total. The fraction of sp³-hybridized carbons (Fsp3) is 0.0714. The van der Waals surface area contributed by atoms with Crippen LogP contribution in [0, 0.1) is 6.92 Å². The minimum Gasteiger partial charge on any atom is -0.256 e. The van der Waals surface area contributed by atoms with Crippen LogP contribution in [0.5, 0.6) is 0 Å². The van der Waals surface area contributed by atoms with E-state index in [1.165, 1.54) is 0 Å². The smallest absolute Gasteiger partial charge is 0.0644 e. The second kappa shape index (κ2) is 4.95. The lowest BCUT2D eigenvalue weighted by atomic mass is 10.2. The first kappa shape index (κ1) is 10.9. The molecule has 0 heterocycles. The third-order valence-electron chi connectivity index (χ3n) is 2.32. The van der Waals surface area contributed by atoms with Gasteiger partial charge in [0.2, 0.25) is 0 Å². The van der Waals surface area contributed by atoms with E-state index < -0.39 is 0 Å². The van der Waals surface area contributed by atoms with Gasteiger partial charge in [-0.05, 0) is 30.2 Å². The first-order valence-electron chi connectivity index (χ1n) is 5.11. The van der Waals surface area contributed by atoms with Gasteiger partial charge in [0.05, 0.1) is 5.69 Å². The Morgan fingerprint density at radius 3 is 2.50 bits per heavy atom. The number of hydrogen-bond acceptors (Lipinski definition) is 1. The van der Waals surface area contributed by atoms with E-state index in [4.69, 9.17) is 11.6 Å². The molecular weight excluding hydrogens is 218 g/mol. The third kappa shape index (κ3) is 2.71. The lowest BCUT2D eigenvalue weighted by molar-refractivity contribution is 1.44. The second-order valence-electron chi connectivity index (χ2n) is 3.60. The average molecular weight is 230 g/mol. The van der Waals surface area contributed by atoms with Crippen molar-refractivity contribution in [2.45, 2.75) is 6.92 Å². The van der Waals surface area contributed by atoms with Crippen LogP contribution in [-0.2, 0) is 0 Å². The highest BCUT2D eigenvalue weighted by Gasteiger charge is 1.95. The van der Waals surface area contributed by atoms with E-state index in [0.29, 0.717) is 0 Å². The molecule has 0 atom stereocenters. The van der Waals surface area contributed by atoms with Crippen LogP contribution in [0.1, 0.15) is 11.1 Å². The molecule has 2 heteroatoms. The number of aliphatic imine (C=N–C) groups is 1. The van der Waals surface area contributed by atoms with E-state index in [0.717, 1.165) is 21.8 Å². The molecule has 2 rings (SSSR count). The Labute approximate surface area is 100 Å². The molecule has 0 unspecified atom stereocenters. The van der Waals surface area contributed by atoms with Crippen LogP contribution in [0.15, 0.2) is 53.5 Å². The van der Waals surface area contributed by atoms with Crippen LogP contribution in [-0.4, -0.2) is 6.21 Å². The molecule has 0 aliphatic heterocycles. The van der Waals surface area contributed by atoms with E-state index in [2.05, 4.69) is 4.99 Å². The third-order valence-corrected chi connectivity index (χ3v) is 2.72. The van der Waals surface area contributed by atoms with Crippen LogP contribution in [0.3, 0.4) is 0 Å². The van der Waals surface area contributed by atoms with E-state index in [1.807, 2.05) is 61.7 Å². The van der Waals surface area contributed by atoms with Gasteiger partial charge in [-0.15, -0.1) is 0 Å². The van der Waals surface area contributed by atoms with Crippen molar-refractivity contribution >= 4 is 23.5 Å². The van der Waals surface area contributed by atoms with Crippen LogP contribution in [0.2, 0.25) is 5.02 Å². The summed E-state index contributed by atoms with van der Waals surface area (Å²) in [5, 5.41) is 0.753. The van der Waals surface area contributed by atoms with Gasteiger partial charge in [0.1, 0.15) is 0 Å². The first-order chi connectivity index (χ1) is 7.75. The molecule has 2 aromatic carbocycles. The largest absolute Gasteiger partial charge is 0.256 e. The van der Waals surface area contributed by atoms with Crippen molar-refractivity contribution in [1.82, 2.24) is 0 Å². The molecule has 0 amide bonds. The fourth-order valence-electron chi connectivity index (χ4n) is 1.35. The maximum absolute atomic E-state index is 6.02. The zero-order valence-corrected chi connectivity index (χ0v) is 9.78. The predicted octanol–water partition coefficient (Wildman–Crippen LogP) is 4.40. The van der Waals surface area contributed by atoms with E-state index in [1.54, 1.807) is 0 Å². The molecule has 0 radical (unpaired) electrons. The molecule has 0 saturated carbocycles. The van der Waals surface area contributed by atoms with Crippen LogP contribution in [0.4, 0.5) is 5.69 Å². The van der Waals surface area contributed by atoms with Gasteiger partial charge < -0.3 is 0 Å². The summed E-state index contributed by atoms with van der Waals surface area (Å²) in [5.74, 6) is 0. The van der Waals surface area contributed by atoms with Gasteiger partial charge in [0, 0.05) is 11.2 Å². The minimum absolute atomic E-state index is 0.753. The van der Waals surface area contributed by atoms with Gasteiger partial charge in [-0.25, -0.2) is 0 Å². The second-order valence-corrected chi connectivity index (χ2v) is 4.01. The van der Waals surface area contributed by atoms with Crippen molar-refractivity contribution in [3.8, 4) is 0 Å². The molecule has 80 valence electrons. The standard InChI is InChI=1S/C14H12ClN/c1-11-7-8-13(9-14(11)15)16-10-12-5-3-2-4-6-12/h2-10H,1H3. The van der Waals surface area contributed by atoms with E-state index in [-0.39, 0.29) is 0 Å². The van der Waals surface area contributed by atoms with Crippen molar-refractivity contribution in [2.24, 2.45) is 4.99 Å². The summed E-state index contributed by atoms with van der Waals surface area (Å²) in [6.45, 7) is 1.98. The normalized spacial score (nSPS) is 10.9. The van der Waals surface area contributed by atoms with E-state index in [9.17, 15) is 0 Å². The number of benzene rings is 2. The quantitative estimate of drug-likeness (QED) is 0.677. The number of rotatable bonds is 2. The van der Waals surface area contributed by atoms with Crippen molar-refractivity contribution in [1.29, 1.82) is 0 Å². The lowest BCUT2D eigenvalue weighted by Crippen LogP contribution is -1.79. The summed E-state index contributed by atoms with van der Waals surface area (Å²) in [7, 11) is 0. The number of halogens is 1. The van der Waals surface area contributed by atoms with Gasteiger partial charge in [-0.1, -0.05) is 48.0 Å². The van der Waals surface area contributed by atoms with Gasteiger partial charge in [-0.2, -0.15) is 0 Å². The Kier molecular flexibility index (Phi) is 3.37. The topological polar surface area (TPSA) is 12.4 Å². The molecule has 0 saturated heterocycles. The van der Waals surface area contributed by atoms with Crippen LogP contribution < -0.4 is 0 Å². The average Bonchev–Trinajstić information content (AvgIpc) is 2.32. The minimum atomic E-state index is 0.753. The Hall–Kier alpha value is -1.60. The molecule has 0 N–H and O–H groups in total. The molecule has 0 bridgehead atoms. The molecule has 0 fully saturated rings. The van der Waals surface area contributed by atoms with Crippen LogP contribution >= 0.6 is 11.6 Å². The monoisotopic (exact) mass is 229 g/mol. The highest BCUT2D eigenvalue weighted by molar-refractivity contribution is 6.31. The SMILES string of the molecule is Cc1ccc(N=Cc2ccccc2)cc1Cl. The highest BCUT2D eigenvalue weighted by atomic mass is 35.5. The lowest BCUT2D eigenvalue weighted by Gasteiger charge is -1.98. The molecule has 0 aromatic heterocycles. The van der Waals surface area contributed by atoms with Gasteiger partial charge in [-0.3, -0.25) is 4.99 Å². The Morgan fingerprint density at radius 2 is 1.81 bits per heavy atom. The summed E-state index contributed by atoms with van der Waals surface area (Å²) in [6, 6.07) is 15.8. The van der Waals surface area contributed by atoms with Gasteiger partial charge in [0.15, 0.2) is 0 Å². The zero-order valence-electron chi connectivity index (χ0n) is 9.02. The number of aryl methyl sites for hydroxylation is 1. The summed E-state index contributed by atoms with van der Waals surface area (Å²) < 4.78 is 0. The molecule has 16 heavy (non-hydrogen) atoms. The summed E-state index contributed by atoms with van der Waals surface area (Å²) in [5.41, 5.74) is 3.03. The molecule has 2 aromatic rings. The highest BCUT2D eigenvalue weighted by Crippen LogP contribution is 2.21. The van der Waals surface area contributed by atoms with E-state index >= 15 is 0 Å². The van der Waals surface area contributed by atoms with Crippen molar-refractivity contribution in [3.05, 3.63) is 64.7 Å². The van der Waals surface area contributed by atoms with Gasteiger partial charge >= 0.3 is 0 Å². The Balaban J connectivity index is 2.21. The summed E-state index contributed by atoms with van der Waals surface area (Å²) in [6.07, 6.45) is 1.83.